The first-order valence-corrected chi connectivity index (χ1v) is 25.0. The molecule has 21 heteroatoms. The second-order valence-corrected chi connectivity index (χ2v) is 19.1. The molecule has 2 unspecified atom stereocenters. The molecule has 69 heavy (non-hydrogen) atoms. The molecule has 10 atom stereocenters. The quantitative estimate of drug-likeness (QED) is 0.0647. The Bertz CT molecular complexity index is 1720. The summed E-state index contributed by atoms with van der Waals surface area (Å²) in [5, 5.41) is 37.6. The Morgan fingerprint density at radius 1 is 0.681 bits per heavy atom. The molecule has 0 aliphatic carbocycles. The number of aliphatic hydroxyl groups excluding tert-OH is 1. The number of hydrogen-bond acceptors (Lipinski definition) is 14. The summed E-state index contributed by atoms with van der Waals surface area (Å²) in [6.45, 7) is 12.0. The van der Waals surface area contributed by atoms with Crippen molar-refractivity contribution in [2.24, 2.45) is 40.7 Å². The van der Waals surface area contributed by atoms with E-state index in [1.165, 1.54) is 0 Å². The maximum absolute atomic E-state index is 14.3. The summed E-state index contributed by atoms with van der Waals surface area (Å²) >= 11 is 0. The summed E-state index contributed by atoms with van der Waals surface area (Å²) in [5.41, 5.74) is 24.5. The van der Waals surface area contributed by atoms with Crippen molar-refractivity contribution in [3.05, 3.63) is 35.9 Å². The Labute approximate surface area is 409 Å². The zero-order chi connectivity index (χ0) is 51.5. The standard InChI is InChI=1S/C48H87N13O8/c1-7-31(6)13-14-41(62)56-34(15-20-49)44(65)60-38-19-24-53-42(63)40(26-30(4)5)61-46(67)37(18-23-52)58-45(66)36(17-22-51)59-48(69)39(27-32-11-9-8-10-12-32)54-28-33(25-29(2)3)55-43(64)35(16-21-50)57-47(38)68/h8-12,29-31,33-40,42,53-54,63H,7,13-28,49-52H2,1-6H3,(H,55,64)(H,56,62)(H,57,68)(H,58,66)(H,59,69)(H,60,65)(H,61,67)/t31?,33-,34+,35-,36-,37-,38-,39+,40-,42?/m0/s1. The van der Waals surface area contributed by atoms with Crippen LogP contribution in [0.3, 0.4) is 0 Å². The molecule has 7 amide bonds. The highest BCUT2D eigenvalue weighted by molar-refractivity contribution is 5.95. The minimum atomic E-state index is -1.38. The first kappa shape index (κ1) is 60.4. The molecule has 1 saturated heterocycles. The molecule has 0 spiro atoms. The van der Waals surface area contributed by atoms with E-state index >= 15 is 0 Å². The van der Waals surface area contributed by atoms with Gasteiger partial charge in [0.2, 0.25) is 41.4 Å². The second kappa shape index (κ2) is 32.9. The van der Waals surface area contributed by atoms with Crippen LogP contribution in [0, 0.1) is 17.8 Å². The molecule has 1 aliphatic rings. The molecule has 0 aromatic heterocycles. The van der Waals surface area contributed by atoms with Gasteiger partial charge in [-0.25, -0.2) is 0 Å². The van der Waals surface area contributed by atoms with Gasteiger partial charge in [0.05, 0.1) is 12.1 Å². The van der Waals surface area contributed by atoms with Gasteiger partial charge in [-0.3, -0.25) is 38.9 Å². The smallest absolute Gasteiger partial charge is 0.243 e. The van der Waals surface area contributed by atoms with Gasteiger partial charge in [0.15, 0.2) is 0 Å². The topological polar surface area (TPSA) is 352 Å². The van der Waals surface area contributed by atoms with Gasteiger partial charge in [0.1, 0.15) is 36.4 Å². The van der Waals surface area contributed by atoms with E-state index in [0.29, 0.717) is 18.8 Å². The lowest BCUT2D eigenvalue weighted by Crippen LogP contribution is -2.60. The van der Waals surface area contributed by atoms with Crippen molar-refractivity contribution in [1.29, 1.82) is 0 Å². The summed E-state index contributed by atoms with van der Waals surface area (Å²) in [6.07, 6.45) is 1.39. The average molecular weight is 974 g/mol. The molecule has 1 aromatic carbocycles. The summed E-state index contributed by atoms with van der Waals surface area (Å²) in [5.74, 6) is -3.72. The van der Waals surface area contributed by atoms with Crippen LogP contribution in [0.5, 0.6) is 0 Å². The van der Waals surface area contributed by atoms with Crippen LogP contribution in [-0.2, 0) is 40.0 Å². The number of nitrogens with one attached hydrogen (secondary N) is 9. The van der Waals surface area contributed by atoms with Gasteiger partial charge in [0.25, 0.3) is 0 Å². The van der Waals surface area contributed by atoms with E-state index in [4.69, 9.17) is 22.9 Å². The summed E-state index contributed by atoms with van der Waals surface area (Å²) in [4.78, 5) is 97.4. The molecule has 18 N–H and O–H groups in total. The largest absolute Gasteiger partial charge is 0.376 e. The molecule has 1 heterocycles. The summed E-state index contributed by atoms with van der Waals surface area (Å²) in [6, 6.07) is 1.11. The third-order valence-electron chi connectivity index (χ3n) is 12.1. The Morgan fingerprint density at radius 2 is 1.22 bits per heavy atom. The van der Waals surface area contributed by atoms with Gasteiger partial charge in [-0.2, -0.15) is 0 Å². The third kappa shape index (κ3) is 23.1. The average Bonchev–Trinajstić information content (AvgIpc) is 3.30. The van der Waals surface area contributed by atoms with Crippen molar-refractivity contribution < 1.29 is 38.7 Å². The highest BCUT2D eigenvalue weighted by Crippen LogP contribution is 2.13. The van der Waals surface area contributed by atoms with E-state index < -0.39 is 90.0 Å². The molecular formula is C48H87N13O8. The molecule has 0 radical (unpaired) electrons. The van der Waals surface area contributed by atoms with Crippen LogP contribution in [0.1, 0.15) is 111 Å². The molecular weight excluding hydrogens is 887 g/mol. The van der Waals surface area contributed by atoms with Crippen molar-refractivity contribution in [2.75, 3.05) is 39.3 Å². The molecule has 1 aromatic rings. The lowest BCUT2D eigenvalue weighted by atomic mass is 10.0. The Morgan fingerprint density at radius 3 is 1.75 bits per heavy atom. The van der Waals surface area contributed by atoms with Gasteiger partial charge >= 0.3 is 0 Å². The molecule has 0 saturated carbocycles. The first-order chi connectivity index (χ1) is 32.8. The van der Waals surface area contributed by atoms with E-state index in [1.54, 1.807) is 0 Å². The normalized spacial score (nSPS) is 25.1. The zero-order valence-corrected chi connectivity index (χ0v) is 42.0. The van der Waals surface area contributed by atoms with E-state index in [0.717, 1.165) is 12.0 Å². The fourth-order valence-electron chi connectivity index (χ4n) is 7.98. The maximum atomic E-state index is 14.3. The van der Waals surface area contributed by atoms with Crippen LogP contribution in [-0.4, -0.2) is 140 Å². The van der Waals surface area contributed by atoms with Crippen LogP contribution < -0.4 is 70.8 Å². The zero-order valence-electron chi connectivity index (χ0n) is 42.0. The number of aliphatic hydroxyl groups is 1. The van der Waals surface area contributed by atoms with Crippen molar-refractivity contribution in [1.82, 2.24) is 47.9 Å². The number of benzene rings is 1. The van der Waals surface area contributed by atoms with Crippen LogP contribution in [0.2, 0.25) is 0 Å². The number of rotatable bonds is 21. The summed E-state index contributed by atoms with van der Waals surface area (Å²) in [7, 11) is 0. The molecule has 1 fully saturated rings. The maximum Gasteiger partial charge on any atom is 0.243 e. The fourth-order valence-corrected chi connectivity index (χ4v) is 7.98. The highest BCUT2D eigenvalue weighted by atomic mass is 16.3. The van der Waals surface area contributed by atoms with E-state index in [1.807, 2.05) is 71.9 Å². The number of nitrogens with two attached hydrogens (primary N) is 4. The SMILES string of the molecule is CCC(C)CCC(=O)N[C@H](CCN)C(=O)N[C@H]1CCNC(O)[C@H](CC(C)C)NC(=O)[C@H](CCN)NC(=O)[C@H](CCN)NC(=O)[C@@H](Cc2ccccc2)NC[C@H](CC(C)C)NC(=O)[C@H](CCN)NC1=O. The Balaban J connectivity index is 2.67. The van der Waals surface area contributed by atoms with Crippen LogP contribution in [0.25, 0.3) is 0 Å². The van der Waals surface area contributed by atoms with E-state index in [2.05, 4.69) is 47.9 Å². The van der Waals surface area contributed by atoms with Crippen molar-refractivity contribution in [3.8, 4) is 0 Å². The monoisotopic (exact) mass is 974 g/mol. The third-order valence-corrected chi connectivity index (χ3v) is 12.1. The molecule has 0 bridgehead atoms. The van der Waals surface area contributed by atoms with Gasteiger partial charge in [0, 0.05) is 25.6 Å². The highest BCUT2D eigenvalue weighted by Gasteiger charge is 2.34. The van der Waals surface area contributed by atoms with Gasteiger partial charge in [-0.05, 0) is 107 Å². The van der Waals surface area contributed by atoms with Crippen LogP contribution in [0.15, 0.2) is 30.3 Å². The van der Waals surface area contributed by atoms with Gasteiger partial charge < -0.3 is 70.6 Å². The lowest BCUT2D eigenvalue weighted by Gasteiger charge is -2.30. The number of carbonyl (C=O) groups is 7. The lowest BCUT2D eigenvalue weighted by molar-refractivity contribution is -0.134. The van der Waals surface area contributed by atoms with Crippen molar-refractivity contribution >= 4 is 41.4 Å². The van der Waals surface area contributed by atoms with E-state index in [9.17, 15) is 38.7 Å². The molecule has 1 aliphatic heterocycles. The van der Waals surface area contributed by atoms with Crippen LogP contribution in [0.4, 0.5) is 0 Å². The number of carbonyl (C=O) groups excluding carboxylic acids is 7. The Kier molecular flexibility index (Phi) is 28.8. The van der Waals surface area contributed by atoms with E-state index in [-0.39, 0.29) is 108 Å². The number of amides is 7. The molecule has 2 rings (SSSR count). The predicted octanol–water partition coefficient (Wildman–Crippen LogP) is -1.79. The predicted molar refractivity (Wildman–Crippen MR) is 266 cm³/mol. The van der Waals surface area contributed by atoms with Crippen molar-refractivity contribution in [2.45, 2.75) is 167 Å². The second-order valence-electron chi connectivity index (χ2n) is 19.1. The number of hydrogen-bond donors (Lipinski definition) is 14. The fraction of sp³-hybridized carbons (Fsp3) is 0.729. The van der Waals surface area contributed by atoms with Gasteiger partial charge in [-0.1, -0.05) is 78.3 Å². The van der Waals surface area contributed by atoms with Gasteiger partial charge in [-0.15, -0.1) is 0 Å². The summed E-state index contributed by atoms with van der Waals surface area (Å²) < 4.78 is 0. The Hall–Kier alpha value is -4.77. The van der Waals surface area contributed by atoms with Crippen LogP contribution >= 0.6 is 0 Å². The first-order valence-electron chi connectivity index (χ1n) is 25.0. The van der Waals surface area contributed by atoms with Crippen molar-refractivity contribution in [3.63, 3.8) is 0 Å². The minimum Gasteiger partial charge on any atom is -0.376 e. The molecule has 392 valence electrons. The minimum absolute atomic E-state index is 0.0173. The molecule has 21 nitrogen and oxygen atoms in total.